The Kier molecular flexibility index (Phi) is 1.51. The van der Waals surface area contributed by atoms with Crippen molar-refractivity contribution in [2.75, 3.05) is 0 Å². The van der Waals surface area contributed by atoms with Crippen LogP contribution in [0, 0.1) is 5.82 Å². The van der Waals surface area contributed by atoms with Crippen molar-refractivity contribution in [2.24, 2.45) is 0 Å². The fourth-order valence-electron chi connectivity index (χ4n) is 1.07. The van der Waals surface area contributed by atoms with Crippen LogP contribution in [0.4, 0.5) is 4.39 Å². The molecule has 5 heteroatoms. The predicted molar refractivity (Wildman–Crippen MR) is 40.9 cm³/mol. The fraction of sp³-hybridized carbons (Fsp3) is 0. The molecule has 0 saturated carbocycles. The number of rotatable bonds is 1. The lowest BCUT2D eigenvalue weighted by Crippen LogP contribution is -1.93. The third kappa shape index (κ3) is 1.14. The van der Waals surface area contributed by atoms with Crippen LogP contribution in [0.3, 0.4) is 0 Å². The summed E-state index contributed by atoms with van der Waals surface area (Å²) in [6.45, 7) is 0. The maximum absolute atomic E-state index is 12.7. The highest BCUT2D eigenvalue weighted by Crippen LogP contribution is 2.18. The van der Waals surface area contributed by atoms with E-state index in [0.717, 1.165) is 6.07 Å². The number of aromatic nitrogens is 1. The third-order valence-electron chi connectivity index (χ3n) is 1.63. The molecule has 0 radical (unpaired) electrons. The van der Waals surface area contributed by atoms with Gasteiger partial charge in [0.05, 0.1) is 5.39 Å². The highest BCUT2D eigenvalue weighted by atomic mass is 19.1. The van der Waals surface area contributed by atoms with Gasteiger partial charge in [0.1, 0.15) is 11.3 Å². The zero-order valence-electron chi connectivity index (χ0n) is 6.32. The summed E-state index contributed by atoms with van der Waals surface area (Å²) in [4.78, 5) is 10.5. The first-order valence-corrected chi connectivity index (χ1v) is 3.47. The molecular formula is C8H4FNO3. The number of nitrogens with zero attached hydrogens (tertiary/aromatic N) is 1. The molecule has 0 unspecified atom stereocenters. The lowest BCUT2D eigenvalue weighted by Gasteiger charge is -1.88. The monoisotopic (exact) mass is 181 g/mol. The van der Waals surface area contributed by atoms with Gasteiger partial charge in [-0.15, -0.1) is 0 Å². The predicted octanol–water partition coefficient (Wildman–Crippen LogP) is 1.67. The summed E-state index contributed by atoms with van der Waals surface area (Å²) in [6.07, 6.45) is 0. The molecular weight excluding hydrogens is 177 g/mol. The van der Waals surface area contributed by atoms with E-state index in [0.29, 0.717) is 5.52 Å². The normalized spacial score (nSPS) is 10.5. The molecule has 66 valence electrons. The second-order valence-corrected chi connectivity index (χ2v) is 2.48. The Hall–Kier alpha value is -1.91. The van der Waals surface area contributed by atoms with Gasteiger partial charge in [-0.25, -0.2) is 9.18 Å². The molecule has 0 amide bonds. The molecule has 0 aliphatic carbocycles. The summed E-state index contributed by atoms with van der Waals surface area (Å²) in [5.41, 5.74) is 0.332. The van der Waals surface area contributed by atoms with Crippen molar-refractivity contribution in [1.82, 2.24) is 5.16 Å². The third-order valence-corrected chi connectivity index (χ3v) is 1.63. The number of carbonyl (C=O) groups is 1. The quantitative estimate of drug-likeness (QED) is 0.726. The molecule has 1 N–H and O–H groups in total. The van der Waals surface area contributed by atoms with Gasteiger partial charge in [-0.3, -0.25) is 0 Å². The van der Waals surface area contributed by atoms with Gasteiger partial charge in [-0.1, -0.05) is 5.16 Å². The number of carboxylic acids is 1. The second kappa shape index (κ2) is 2.55. The van der Waals surface area contributed by atoms with Crippen LogP contribution in [0.15, 0.2) is 22.7 Å². The van der Waals surface area contributed by atoms with Crippen molar-refractivity contribution in [2.45, 2.75) is 0 Å². The molecule has 0 fully saturated rings. The molecule has 0 bridgehead atoms. The Bertz CT molecular complexity index is 477. The first-order valence-electron chi connectivity index (χ1n) is 3.47. The molecule has 13 heavy (non-hydrogen) atoms. The first-order chi connectivity index (χ1) is 6.18. The van der Waals surface area contributed by atoms with E-state index in [9.17, 15) is 9.18 Å². The molecule has 2 rings (SSSR count). The molecule has 1 heterocycles. The summed E-state index contributed by atoms with van der Waals surface area (Å²) >= 11 is 0. The fourth-order valence-corrected chi connectivity index (χ4v) is 1.07. The number of aromatic carboxylic acids is 1. The molecule has 4 nitrogen and oxygen atoms in total. The number of carboxylic acid groups (broad SMARTS) is 1. The van der Waals surface area contributed by atoms with E-state index in [-0.39, 0.29) is 11.1 Å². The van der Waals surface area contributed by atoms with E-state index < -0.39 is 11.8 Å². The number of halogens is 1. The minimum absolute atomic E-state index is 0.174. The molecule has 1 aromatic heterocycles. The van der Waals surface area contributed by atoms with E-state index in [1.807, 2.05) is 0 Å². The van der Waals surface area contributed by atoms with Gasteiger partial charge in [-0.05, 0) is 18.2 Å². The van der Waals surface area contributed by atoms with Crippen LogP contribution in [0.25, 0.3) is 10.9 Å². The average molecular weight is 181 g/mol. The largest absolute Gasteiger partial charge is 0.475 e. The van der Waals surface area contributed by atoms with E-state index in [1.54, 1.807) is 0 Å². The van der Waals surface area contributed by atoms with Crippen molar-refractivity contribution < 1.29 is 18.8 Å². The van der Waals surface area contributed by atoms with E-state index >= 15 is 0 Å². The Morgan fingerprint density at radius 1 is 1.54 bits per heavy atom. The summed E-state index contributed by atoms with van der Waals surface area (Å²) < 4.78 is 17.2. The van der Waals surface area contributed by atoms with Crippen molar-refractivity contribution >= 4 is 16.9 Å². The Morgan fingerprint density at radius 2 is 2.31 bits per heavy atom. The van der Waals surface area contributed by atoms with Crippen molar-refractivity contribution in [1.29, 1.82) is 0 Å². The standard InChI is InChI=1S/C8H4FNO3/c9-4-1-2-6-5(3-4)7(8(11)12)13-10-6/h1-3H,(H,11,12). The minimum Gasteiger partial charge on any atom is -0.475 e. The first kappa shape index (κ1) is 7.72. The number of hydrogen-bond acceptors (Lipinski definition) is 3. The molecule has 1 aromatic carbocycles. The molecule has 0 saturated heterocycles. The van der Waals surface area contributed by atoms with Gasteiger partial charge in [-0.2, -0.15) is 0 Å². The molecule has 0 spiro atoms. The summed E-state index contributed by atoms with van der Waals surface area (Å²) in [6, 6.07) is 3.63. The molecule has 0 aliphatic heterocycles. The summed E-state index contributed by atoms with van der Waals surface area (Å²) in [5.74, 6) is -2.11. The van der Waals surface area contributed by atoms with Crippen molar-refractivity contribution in [3.05, 3.63) is 29.8 Å². The van der Waals surface area contributed by atoms with Crippen LogP contribution in [-0.2, 0) is 0 Å². The van der Waals surface area contributed by atoms with Crippen LogP contribution in [0.5, 0.6) is 0 Å². The zero-order valence-corrected chi connectivity index (χ0v) is 6.32. The van der Waals surface area contributed by atoms with Crippen molar-refractivity contribution in [3.8, 4) is 0 Å². The maximum Gasteiger partial charge on any atom is 0.375 e. The van der Waals surface area contributed by atoms with Crippen molar-refractivity contribution in [3.63, 3.8) is 0 Å². The van der Waals surface area contributed by atoms with Gasteiger partial charge in [0.25, 0.3) is 5.76 Å². The van der Waals surface area contributed by atoms with Crippen LogP contribution < -0.4 is 0 Å². The number of hydrogen-bond donors (Lipinski definition) is 1. The topological polar surface area (TPSA) is 63.3 Å². The Morgan fingerprint density at radius 3 is 3.00 bits per heavy atom. The average Bonchev–Trinajstić information content (AvgIpc) is 2.46. The van der Waals surface area contributed by atoms with Gasteiger partial charge < -0.3 is 9.63 Å². The molecule has 0 atom stereocenters. The van der Waals surface area contributed by atoms with Crippen LogP contribution in [0.2, 0.25) is 0 Å². The van der Waals surface area contributed by atoms with Gasteiger partial charge in [0.2, 0.25) is 0 Å². The van der Waals surface area contributed by atoms with Crippen LogP contribution >= 0.6 is 0 Å². The van der Waals surface area contributed by atoms with E-state index in [1.165, 1.54) is 12.1 Å². The number of fused-ring (bicyclic) bond motifs is 1. The summed E-state index contributed by atoms with van der Waals surface area (Å²) in [7, 11) is 0. The van der Waals surface area contributed by atoms with E-state index in [2.05, 4.69) is 9.68 Å². The van der Waals surface area contributed by atoms with Crippen LogP contribution in [-0.4, -0.2) is 16.2 Å². The highest BCUT2D eigenvalue weighted by molar-refractivity contribution is 5.99. The molecule has 0 aliphatic rings. The molecule has 2 aromatic rings. The minimum atomic E-state index is -1.26. The zero-order chi connectivity index (χ0) is 9.42. The lowest BCUT2D eigenvalue weighted by atomic mass is 10.2. The van der Waals surface area contributed by atoms with Gasteiger partial charge >= 0.3 is 5.97 Å². The Labute approximate surface area is 71.6 Å². The number of benzene rings is 1. The SMILES string of the molecule is O=C(O)c1onc2ccc(F)cc12. The lowest BCUT2D eigenvalue weighted by molar-refractivity contribution is 0.0655. The summed E-state index contributed by atoms with van der Waals surface area (Å²) in [5, 5.41) is 12.2. The smallest absolute Gasteiger partial charge is 0.375 e. The van der Waals surface area contributed by atoms with Crippen LogP contribution in [0.1, 0.15) is 10.6 Å². The van der Waals surface area contributed by atoms with E-state index in [4.69, 9.17) is 5.11 Å². The maximum atomic E-state index is 12.7. The van der Waals surface area contributed by atoms with Gasteiger partial charge in [0.15, 0.2) is 0 Å². The highest BCUT2D eigenvalue weighted by Gasteiger charge is 2.15. The second-order valence-electron chi connectivity index (χ2n) is 2.48. The Balaban J connectivity index is 2.79. The van der Waals surface area contributed by atoms with Gasteiger partial charge in [0, 0.05) is 0 Å².